The van der Waals surface area contributed by atoms with Gasteiger partial charge in [-0.05, 0) is 37.5 Å². The molecule has 0 saturated heterocycles. The summed E-state index contributed by atoms with van der Waals surface area (Å²) in [4.78, 5) is 4.18. The first-order chi connectivity index (χ1) is 10.2. The number of aryl methyl sites for hydroxylation is 1. The van der Waals surface area contributed by atoms with Crippen molar-refractivity contribution in [2.75, 3.05) is 40.5 Å². The molecule has 0 amide bonds. The number of rotatable bonds is 8. The molecule has 5 nitrogen and oxygen atoms in total. The molecule has 1 aromatic carbocycles. The van der Waals surface area contributed by atoms with E-state index >= 15 is 0 Å². The molecular formula is C16H27N3O2. The molecule has 118 valence electrons. The molecule has 0 spiro atoms. The highest BCUT2D eigenvalue weighted by molar-refractivity contribution is 5.79. The van der Waals surface area contributed by atoms with Crippen LogP contribution in [0, 0.1) is 6.92 Å². The molecule has 1 rings (SSSR count). The molecule has 0 bridgehead atoms. The van der Waals surface area contributed by atoms with Crippen molar-refractivity contribution < 1.29 is 9.47 Å². The van der Waals surface area contributed by atoms with E-state index in [1.807, 2.05) is 13.8 Å². The molecule has 0 atom stereocenters. The van der Waals surface area contributed by atoms with Crippen molar-refractivity contribution in [3.8, 4) is 5.75 Å². The lowest BCUT2D eigenvalue weighted by Crippen LogP contribution is -2.39. The predicted octanol–water partition coefficient (Wildman–Crippen LogP) is 1.75. The van der Waals surface area contributed by atoms with Gasteiger partial charge in [0.05, 0.1) is 13.7 Å². The predicted molar refractivity (Wildman–Crippen MR) is 87.3 cm³/mol. The Labute approximate surface area is 127 Å². The van der Waals surface area contributed by atoms with E-state index in [1.54, 1.807) is 14.2 Å². The SMILES string of the molecule is CCOCCNC(=NC)NCCc1ccc(C)c(OC)c1. The maximum Gasteiger partial charge on any atom is 0.191 e. The van der Waals surface area contributed by atoms with E-state index in [4.69, 9.17) is 9.47 Å². The third-order valence-electron chi connectivity index (χ3n) is 3.15. The number of hydrogen-bond donors (Lipinski definition) is 2. The lowest BCUT2D eigenvalue weighted by atomic mass is 10.1. The lowest BCUT2D eigenvalue weighted by molar-refractivity contribution is 0.152. The molecule has 2 N–H and O–H groups in total. The van der Waals surface area contributed by atoms with Crippen molar-refractivity contribution in [3.05, 3.63) is 29.3 Å². The van der Waals surface area contributed by atoms with Crippen LogP contribution in [-0.4, -0.2) is 46.4 Å². The fourth-order valence-corrected chi connectivity index (χ4v) is 1.95. The van der Waals surface area contributed by atoms with Gasteiger partial charge in [-0.25, -0.2) is 0 Å². The molecule has 0 saturated carbocycles. The average Bonchev–Trinajstić information content (AvgIpc) is 2.51. The van der Waals surface area contributed by atoms with Crippen LogP contribution in [0.15, 0.2) is 23.2 Å². The van der Waals surface area contributed by atoms with Crippen LogP contribution in [0.2, 0.25) is 0 Å². The molecule has 0 aliphatic rings. The number of methoxy groups -OCH3 is 1. The highest BCUT2D eigenvalue weighted by Crippen LogP contribution is 2.18. The number of hydrogen-bond acceptors (Lipinski definition) is 3. The minimum Gasteiger partial charge on any atom is -0.496 e. The fourth-order valence-electron chi connectivity index (χ4n) is 1.95. The summed E-state index contributed by atoms with van der Waals surface area (Å²) in [5, 5.41) is 6.50. The van der Waals surface area contributed by atoms with Gasteiger partial charge in [-0.1, -0.05) is 12.1 Å². The lowest BCUT2D eigenvalue weighted by Gasteiger charge is -2.12. The van der Waals surface area contributed by atoms with Crippen molar-refractivity contribution in [2.24, 2.45) is 4.99 Å². The summed E-state index contributed by atoms with van der Waals surface area (Å²) in [5.74, 6) is 1.74. The zero-order valence-electron chi connectivity index (χ0n) is 13.5. The van der Waals surface area contributed by atoms with Gasteiger partial charge in [-0.15, -0.1) is 0 Å². The van der Waals surface area contributed by atoms with E-state index in [2.05, 4.69) is 33.8 Å². The Balaban J connectivity index is 2.34. The topological polar surface area (TPSA) is 54.9 Å². The maximum absolute atomic E-state index is 5.34. The van der Waals surface area contributed by atoms with Gasteiger partial charge in [0.1, 0.15) is 5.75 Å². The molecule has 5 heteroatoms. The van der Waals surface area contributed by atoms with Crippen LogP contribution in [0.5, 0.6) is 5.75 Å². The normalized spacial score (nSPS) is 11.3. The van der Waals surface area contributed by atoms with Crippen molar-refractivity contribution in [2.45, 2.75) is 20.3 Å². The van der Waals surface area contributed by atoms with Gasteiger partial charge in [0.25, 0.3) is 0 Å². The van der Waals surface area contributed by atoms with Gasteiger partial charge >= 0.3 is 0 Å². The monoisotopic (exact) mass is 293 g/mol. The average molecular weight is 293 g/mol. The summed E-state index contributed by atoms with van der Waals surface area (Å²) >= 11 is 0. The number of ether oxygens (including phenoxy) is 2. The van der Waals surface area contributed by atoms with Gasteiger partial charge in [-0.3, -0.25) is 4.99 Å². The van der Waals surface area contributed by atoms with Gasteiger partial charge in [0.2, 0.25) is 0 Å². The van der Waals surface area contributed by atoms with Gasteiger partial charge in [0, 0.05) is 26.7 Å². The number of nitrogens with zero attached hydrogens (tertiary/aromatic N) is 1. The van der Waals surface area contributed by atoms with Crippen LogP contribution in [-0.2, 0) is 11.2 Å². The third kappa shape index (κ3) is 6.49. The molecule has 0 aliphatic carbocycles. The van der Waals surface area contributed by atoms with E-state index < -0.39 is 0 Å². The highest BCUT2D eigenvalue weighted by Gasteiger charge is 2.01. The number of benzene rings is 1. The van der Waals surface area contributed by atoms with E-state index in [0.717, 1.165) is 43.4 Å². The van der Waals surface area contributed by atoms with Crippen molar-refractivity contribution >= 4 is 5.96 Å². The second-order valence-corrected chi connectivity index (χ2v) is 4.68. The standard InChI is InChI=1S/C16H27N3O2/c1-5-21-11-10-19-16(17-3)18-9-8-14-7-6-13(2)15(12-14)20-4/h6-7,12H,5,8-11H2,1-4H3,(H2,17,18,19). The minimum atomic E-state index is 0.687. The number of guanidine groups is 1. The summed E-state index contributed by atoms with van der Waals surface area (Å²) in [7, 11) is 3.47. The van der Waals surface area contributed by atoms with Gasteiger partial charge in [0.15, 0.2) is 5.96 Å². The molecule has 0 aromatic heterocycles. The maximum atomic E-state index is 5.34. The van der Waals surface area contributed by atoms with E-state index in [0.29, 0.717) is 6.61 Å². The van der Waals surface area contributed by atoms with E-state index in [1.165, 1.54) is 5.56 Å². The first kappa shape index (κ1) is 17.3. The molecule has 0 radical (unpaired) electrons. The Kier molecular flexibility index (Phi) is 8.28. The summed E-state index contributed by atoms with van der Waals surface area (Å²) < 4.78 is 10.6. The second kappa shape index (κ2) is 10.0. The van der Waals surface area contributed by atoms with Gasteiger partial charge < -0.3 is 20.1 Å². The van der Waals surface area contributed by atoms with E-state index in [-0.39, 0.29) is 0 Å². The zero-order chi connectivity index (χ0) is 15.5. The van der Waals surface area contributed by atoms with Gasteiger partial charge in [-0.2, -0.15) is 0 Å². The fraction of sp³-hybridized carbons (Fsp3) is 0.562. The Morgan fingerprint density at radius 2 is 2.00 bits per heavy atom. The Morgan fingerprint density at radius 3 is 2.67 bits per heavy atom. The summed E-state index contributed by atoms with van der Waals surface area (Å²) in [6.07, 6.45) is 0.919. The second-order valence-electron chi connectivity index (χ2n) is 4.68. The van der Waals surface area contributed by atoms with Crippen molar-refractivity contribution in [3.63, 3.8) is 0 Å². The zero-order valence-corrected chi connectivity index (χ0v) is 13.5. The number of nitrogens with one attached hydrogen (secondary N) is 2. The van der Waals surface area contributed by atoms with Crippen molar-refractivity contribution in [1.82, 2.24) is 10.6 Å². The first-order valence-corrected chi connectivity index (χ1v) is 7.37. The largest absolute Gasteiger partial charge is 0.496 e. The molecule has 0 fully saturated rings. The first-order valence-electron chi connectivity index (χ1n) is 7.37. The molecule has 1 aromatic rings. The number of aliphatic imine (C=N–C) groups is 1. The summed E-state index contributed by atoms with van der Waals surface area (Å²) in [6.45, 7) is 7.04. The van der Waals surface area contributed by atoms with E-state index in [9.17, 15) is 0 Å². The molecular weight excluding hydrogens is 266 g/mol. The third-order valence-corrected chi connectivity index (χ3v) is 3.15. The van der Waals surface area contributed by atoms with Crippen LogP contribution in [0.3, 0.4) is 0 Å². The van der Waals surface area contributed by atoms with Crippen LogP contribution >= 0.6 is 0 Å². The Morgan fingerprint density at radius 1 is 1.24 bits per heavy atom. The van der Waals surface area contributed by atoms with Crippen LogP contribution < -0.4 is 15.4 Å². The van der Waals surface area contributed by atoms with Crippen LogP contribution in [0.25, 0.3) is 0 Å². The molecule has 0 aliphatic heterocycles. The smallest absolute Gasteiger partial charge is 0.191 e. The molecule has 21 heavy (non-hydrogen) atoms. The quantitative estimate of drug-likeness (QED) is 0.435. The highest BCUT2D eigenvalue weighted by atomic mass is 16.5. The summed E-state index contributed by atoms with van der Waals surface area (Å²) in [6, 6.07) is 6.30. The van der Waals surface area contributed by atoms with Crippen LogP contribution in [0.1, 0.15) is 18.1 Å². The molecule has 0 heterocycles. The molecule has 0 unspecified atom stereocenters. The van der Waals surface area contributed by atoms with Crippen molar-refractivity contribution in [1.29, 1.82) is 0 Å². The Hall–Kier alpha value is -1.75. The Bertz CT molecular complexity index is 447. The minimum absolute atomic E-state index is 0.687. The summed E-state index contributed by atoms with van der Waals surface area (Å²) in [5.41, 5.74) is 2.40. The van der Waals surface area contributed by atoms with Crippen LogP contribution in [0.4, 0.5) is 0 Å².